The Hall–Kier alpha value is -2.15. The Kier molecular flexibility index (Phi) is 2.92. The van der Waals surface area contributed by atoms with E-state index in [0.29, 0.717) is 5.02 Å². The van der Waals surface area contributed by atoms with Crippen molar-refractivity contribution in [2.24, 2.45) is 0 Å². The molecule has 0 saturated heterocycles. The molecule has 1 heterocycles. The Morgan fingerprint density at radius 1 is 1.53 bits per heavy atom. The lowest BCUT2D eigenvalue weighted by atomic mass is 10.3. The number of hydrogen-bond donors (Lipinski definition) is 3. The smallest absolute Gasteiger partial charge is 0.293 e. The van der Waals surface area contributed by atoms with Crippen LogP contribution in [0.15, 0.2) is 18.2 Å². The van der Waals surface area contributed by atoms with Crippen LogP contribution in [0.4, 0.5) is 16.0 Å². The summed E-state index contributed by atoms with van der Waals surface area (Å²) >= 11 is 5.68. The summed E-state index contributed by atoms with van der Waals surface area (Å²) in [5.74, 6) is -1.44. The van der Waals surface area contributed by atoms with Gasteiger partial charge in [-0.3, -0.25) is 9.89 Å². The van der Waals surface area contributed by atoms with Gasteiger partial charge in [0.1, 0.15) is 5.82 Å². The molecule has 0 unspecified atom stereocenters. The number of nitrogens with two attached hydrogens (primary N) is 1. The fraction of sp³-hybridized carbons (Fsp3) is 0. The third-order valence-corrected chi connectivity index (χ3v) is 2.13. The summed E-state index contributed by atoms with van der Waals surface area (Å²) in [5, 5.41) is 8.38. The van der Waals surface area contributed by atoms with Crippen LogP contribution in [-0.2, 0) is 0 Å². The fourth-order valence-corrected chi connectivity index (χ4v) is 1.32. The van der Waals surface area contributed by atoms with Crippen molar-refractivity contribution in [1.29, 1.82) is 0 Å². The molecule has 2 rings (SSSR count). The van der Waals surface area contributed by atoms with Crippen molar-refractivity contribution in [3.63, 3.8) is 0 Å². The standard InChI is InChI=1S/C9H7ClFN5O/c10-4-1-2-5(11)6(3-4)13-8(17)7-14-9(12)16-15-7/h1-3H,(H,13,17)(H3,12,14,15,16). The highest BCUT2D eigenvalue weighted by Gasteiger charge is 2.13. The van der Waals surface area contributed by atoms with Gasteiger partial charge in [-0.2, -0.15) is 4.98 Å². The molecule has 0 atom stereocenters. The summed E-state index contributed by atoms with van der Waals surface area (Å²) in [4.78, 5) is 15.2. The maximum atomic E-state index is 13.3. The van der Waals surface area contributed by atoms with Crippen LogP contribution in [0.3, 0.4) is 0 Å². The average Bonchev–Trinajstić information content (AvgIpc) is 2.70. The number of nitrogens with zero attached hydrogens (tertiary/aromatic N) is 2. The van der Waals surface area contributed by atoms with E-state index in [9.17, 15) is 9.18 Å². The number of halogens is 2. The summed E-state index contributed by atoms with van der Waals surface area (Å²) in [5.41, 5.74) is 5.19. The first-order chi connectivity index (χ1) is 8.06. The van der Waals surface area contributed by atoms with Crippen molar-refractivity contribution in [3.05, 3.63) is 34.9 Å². The number of H-pyrrole nitrogens is 1. The van der Waals surface area contributed by atoms with Gasteiger partial charge in [0.25, 0.3) is 5.91 Å². The van der Waals surface area contributed by atoms with Gasteiger partial charge in [0.15, 0.2) is 0 Å². The molecule has 0 bridgehead atoms. The van der Waals surface area contributed by atoms with Gasteiger partial charge < -0.3 is 11.1 Å². The summed E-state index contributed by atoms with van der Waals surface area (Å²) in [6, 6.07) is 3.81. The van der Waals surface area contributed by atoms with E-state index in [1.54, 1.807) is 0 Å². The molecule has 1 aromatic heterocycles. The van der Waals surface area contributed by atoms with Crippen molar-refractivity contribution in [1.82, 2.24) is 15.2 Å². The second-order valence-corrected chi connectivity index (χ2v) is 3.56. The minimum absolute atomic E-state index is 0.0440. The molecule has 0 fully saturated rings. The molecule has 6 nitrogen and oxygen atoms in total. The number of hydrogen-bond acceptors (Lipinski definition) is 4. The number of nitrogen functional groups attached to an aromatic ring is 1. The van der Waals surface area contributed by atoms with Crippen molar-refractivity contribution in [2.45, 2.75) is 0 Å². The molecule has 0 aliphatic rings. The molecule has 2 aromatic rings. The number of anilines is 2. The van der Waals surface area contributed by atoms with Crippen LogP contribution in [0.1, 0.15) is 10.6 Å². The zero-order valence-electron chi connectivity index (χ0n) is 8.37. The Balaban J connectivity index is 2.21. The van der Waals surface area contributed by atoms with Gasteiger partial charge in [-0.1, -0.05) is 11.6 Å². The van der Waals surface area contributed by atoms with E-state index in [0.717, 1.165) is 6.07 Å². The van der Waals surface area contributed by atoms with Crippen LogP contribution in [0.25, 0.3) is 0 Å². The number of aromatic amines is 1. The minimum atomic E-state index is -0.657. The highest BCUT2D eigenvalue weighted by molar-refractivity contribution is 6.30. The van der Waals surface area contributed by atoms with Crippen LogP contribution in [0.2, 0.25) is 5.02 Å². The quantitative estimate of drug-likeness (QED) is 0.756. The van der Waals surface area contributed by atoms with Crippen LogP contribution < -0.4 is 11.1 Å². The first-order valence-corrected chi connectivity index (χ1v) is 4.88. The fourth-order valence-electron chi connectivity index (χ4n) is 1.15. The monoisotopic (exact) mass is 255 g/mol. The molecule has 0 saturated carbocycles. The van der Waals surface area contributed by atoms with E-state index in [-0.39, 0.29) is 17.5 Å². The highest BCUT2D eigenvalue weighted by Crippen LogP contribution is 2.19. The summed E-state index contributed by atoms with van der Waals surface area (Å²) in [6.07, 6.45) is 0. The number of benzene rings is 1. The lowest BCUT2D eigenvalue weighted by Gasteiger charge is -2.04. The SMILES string of the molecule is Nc1n[nH]c(C(=O)Nc2cc(Cl)ccc2F)n1. The van der Waals surface area contributed by atoms with Crippen LogP contribution >= 0.6 is 11.6 Å². The topological polar surface area (TPSA) is 96.7 Å². The largest absolute Gasteiger partial charge is 0.366 e. The third-order valence-electron chi connectivity index (χ3n) is 1.89. The summed E-state index contributed by atoms with van der Waals surface area (Å²) < 4.78 is 13.3. The second kappa shape index (κ2) is 4.38. The van der Waals surface area contributed by atoms with Crippen molar-refractivity contribution < 1.29 is 9.18 Å². The van der Waals surface area contributed by atoms with E-state index in [4.69, 9.17) is 17.3 Å². The summed E-state index contributed by atoms with van der Waals surface area (Å²) in [6.45, 7) is 0. The van der Waals surface area contributed by atoms with Crippen molar-refractivity contribution in [3.8, 4) is 0 Å². The number of rotatable bonds is 2. The van der Waals surface area contributed by atoms with Gasteiger partial charge in [-0.15, -0.1) is 5.10 Å². The molecule has 0 aliphatic heterocycles. The van der Waals surface area contributed by atoms with Crippen LogP contribution in [0, 0.1) is 5.82 Å². The van der Waals surface area contributed by atoms with Gasteiger partial charge in [-0.25, -0.2) is 4.39 Å². The van der Waals surface area contributed by atoms with Crippen LogP contribution in [-0.4, -0.2) is 21.1 Å². The van der Waals surface area contributed by atoms with Crippen molar-refractivity contribution >= 4 is 29.1 Å². The normalized spacial score (nSPS) is 10.2. The third kappa shape index (κ3) is 2.51. The first kappa shape index (κ1) is 11.3. The predicted octanol–water partition coefficient (Wildman–Crippen LogP) is 1.43. The average molecular weight is 256 g/mol. The number of amides is 1. The van der Waals surface area contributed by atoms with E-state index < -0.39 is 11.7 Å². The lowest BCUT2D eigenvalue weighted by molar-refractivity contribution is 0.101. The zero-order chi connectivity index (χ0) is 12.4. The lowest BCUT2D eigenvalue weighted by Crippen LogP contribution is -2.14. The zero-order valence-corrected chi connectivity index (χ0v) is 9.12. The predicted molar refractivity (Wildman–Crippen MR) is 60.2 cm³/mol. The molecule has 17 heavy (non-hydrogen) atoms. The van der Waals surface area contributed by atoms with Gasteiger partial charge in [0.2, 0.25) is 11.8 Å². The minimum Gasteiger partial charge on any atom is -0.366 e. The number of carbonyl (C=O) groups excluding carboxylic acids is 1. The number of nitrogens with one attached hydrogen (secondary N) is 2. The molecule has 4 N–H and O–H groups in total. The maximum absolute atomic E-state index is 13.3. The van der Waals surface area contributed by atoms with Gasteiger partial charge in [-0.05, 0) is 18.2 Å². The summed E-state index contributed by atoms with van der Waals surface area (Å²) in [7, 11) is 0. The Bertz CT molecular complexity index is 570. The molecule has 1 amide bonds. The van der Waals surface area contributed by atoms with E-state index in [2.05, 4.69) is 20.5 Å². The molecule has 0 radical (unpaired) electrons. The molecule has 8 heteroatoms. The Labute approximate surface area is 100.0 Å². The van der Waals surface area contributed by atoms with Gasteiger partial charge >= 0.3 is 0 Å². The molecule has 1 aromatic carbocycles. The second-order valence-electron chi connectivity index (χ2n) is 3.12. The highest BCUT2D eigenvalue weighted by atomic mass is 35.5. The first-order valence-electron chi connectivity index (χ1n) is 4.50. The Morgan fingerprint density at radius 3 is 2.94 bits per heavy atom. The van der Waals surface area contributed by atoms with Gasteiger partial charge in [0, 0.05) is 5.02 Å². The van der Waals surface area contributed by atoms with Crippen molar-refractivity contribution in [2.75, 3.05) is 11.1 Å². The van der Waals surface area contributed by atoms with Gasteiger partial charge in [0.05, 0.1) is 5.69 Å². The molecular formula is C9H7ClFN5O. The number of carbonyl (C=O) groups is 1. The molecular weight excluding hydrogens is 249 g/mol. The molecule has 0 spiro atoms. The number of aromatic nitrogens is 3. The van der Waals surface area contributed by atoms with E-state index in [1.807, 2.05) is 0 Å². The molecule has 0 aliphatic carbocycles. The molecule has 88 valence electrons. The Morgan fingerprint density at radius 2 is 2.29 bits per heavy atom. The maximum Gasteiger partial charge on any atom is 0.293 e. The van der Waals surface area contributed by atoms with Crippen LogP contribution in [0.5, 0.6) is 0 Å². The van der Waals surface area contributed by atoms with E-state index >= 15 is 0 Å². The van der Waals surface area contributed by atoms with E-state index in [1.165, 1.54) is 12.1 Å².